The molecule has 0 amide bonds. The van der Waals surface area contributed by atoms with Gasteiger partial charge in [-0.2, -0.15) is 0 Å². The van der Waals surface area contributed by atoms with Crippen LogP contribution in [0.4, 0.5) is 4.39 Å². The van der Waals surface area contributed by atoms with Crippen molar-refractivity contribution in [3.63, 3.8) is 0 Å². The van der Waals surface area contributed by atoms with E-state index in [1.807, 2.05) is 6.07 Å². The largest absolute Gasteiger partial charge is 0.314 e. The highest BCUT2D eigenvalue weighted by Gasteiger charge is 2.19. The number of benzene rings is 1. The van der Waals surface area contributed by atoms with E-state index >= 15 is 0 Å². The molecule has 0 unspecified atom stereocenters. The minimum atomic E-state index is -0.0849. The highest BCUT2D eigenvalue weighted by Crippen LogP contribution is 2.19. The Hall–Kier alpha value is -0.410. The quantitative estimate of drug-likeness (QED) is 0.787. The standard InChI is InChI=1S/C13H17BrFN/c14-11-4-7-13(15)10(9-11)3-1-2-8-16-12-5-6-12/h4,7,9,12,16H,1-3,5-6,8H2. The lowest BCUT2D eigenvalue weighted by molar-refractivity contribution is 0.585. The molecule has 1 aliphatic carbocycles. The molecule has 2 rings (SSSR count). The van der Waals surface area contributed by atoms with Gasteiger partial charge in [0.25, 0.3) is 0 Å². The van der Waals surface area contributed by atoms with Crippen molar-refractivity contribution in [2.24, 2.45) is 0 Å². The van der Waals surface area contributed by atoms with E-state index in [1.165, 1.54) is 18.9 Å². The van der Waals surface area contributed by atoms with Crippen molar-refractivity contribution in [3.8, 4) is 0 Å². The summed E-state index contributed by atoms with van der Waals surface area (Å²) in [5, 5.41) is 3.47. The predicted octanol–water partition coefficient (Wildman–Crippen LogP) is 3.66. The number of unbranched alkanes of at least 4 members (excludes halogenated alkanes) is 1. The third kappa shape index (κ3) is 3.87. The molecule has 88 valence electrons. The molecule has 1 nitrogen and oxygen atoms in total. The van der Waals surface area contributed by atoms with Gasteiger partial charge < -0.3 is 5.32 Å². The Morgan fingerprint density at radius 2 is 2.12 bits per heavy atom. The summed E-state index contributed by atoms with van der Waals surface area (Å²) < 4.78 is 14.3. The SMILES string of the molecule is Fc1ccc(Br)cc1CCCCNC1CC1. The lowest BCUT2D eigenvalue weighted by Crippen LogP contribution is -2.17. The smallest absolute Gasteiger partial charge is 0.126 e. The first-order chi connectivity index (χ1) is 7.75. The zero-order chi connectivity index (χ0) is 11.4. The number of halogens is 2. The number of nitrogens with one attached hydrogen (secondary N) is 1. The lowest BCUT2D eigenvalue weighted by Gasteiger charge is -2.05. The molecule has 1 fully saturated rings. The second kappa shape index (κ2) is 5.78. The van der Waals surface area contributed by atoms with Gasteiger partial charge in [-0.15, -0.1) is 0 Å². The molecule has 1 aromatic carbocycles. The molecule has 0 atom stereocenters. The van der Waals surface area contributed by atoms with Crippen molar-refractivity contribution in [2.75, 3.05) is 6.54 Å². The summed E-state index contributed by atoms with van der Waals surface area (Å²) in [6, 6.07) is 5.93. The molecular weight excluding hydrogens is 269 g/mol. The van der Waals surface area contributed by atoms with Gasteiger partial charge in [0.2, 0.25) is 0 Å². The molecule has 0 bridgehead atoms. The van der Waals surface area contributed by atoms with Crippen LogP contribution in [0.2, 0.25) is 0 Å². The summed E-state index contributed by atoms with van der Waals surface area (Å²) in [6.45, 7) is 1.07. The monoisotopic (exact) mass is 285 g/mol. The minimum Gasteiger partial charge on any atom is -0.314 e. The summed E-state index contributed by atoms with van der Waals surface area (Å²) >= 11 is 3.37. The van der Waals surface area contributed by atoms with E-state index in [-0.39, 0.29) is 5.82 Å². The zero-order valence-corrected chi connectivity index (χ0v) is 10.9. The van der Waals surface area contributed by atoms with Crippen molar-refractivity contribution in [3.05, 3.63) is 34.1 Å². The van der Waals surface area contributed by atoms with Gasteiger partial charge in [0, 0.05) is 10.5 Å². The summed E-state index contributed by atoms with van der Waals surface area (Å²) in [5.41, 5.74) is 0.820. The Labute approximate surface area is 105 Å². The molecule has 1 saturated carbocycles. The normalized spacial score (nSPS) is 15.4. The van der Waals surface area contributed by atoms with Gasteiger partial charge in [0.1, 0.15) is 5.82 Å². The Morgan fingerprint density at radius 3 is 2.88 bits per heavy atom. The molecule has 3 heteroatoms. The number of aryl methyl sites for hydroxylation is 1. The number of hydrogen-bond acceptors (Lipinski definition) is 1. The molecule has 0 radical (unpaired) electrons. The van der Waals surface area contributed by atoms with Crippen LogP contribution in [0, 0.1) is 5.82 Å². The molecule has 0 heterocycles. The molecule has 0 aromatic heterocycles. The molecule has 0 aliphatic heterocycles. The van der Waals surface area contributed by atoms with E-state index in [0.29, 0.717) is 0 Å². The van der Waals surface area contributed by atoms with Crippen molar-refractivity contribution in [1.29, 1.82) is 0 Å². The van der Waals surface area contributed by atoms with Crippen LogP contribution in [0.1, 0.15) is 31.2 Å². The molecular formula is C13H17BrFN. The Bertz CT molecular complexity index is 350. The molecule has 0 spiro atoms. The Kier molecular flexibility index (Phi) is 4.36. The van der Waals surface area contributed by atoms with Gasteiger partial charge in [-0.1, -0.05) is 15.9 Å². The topological polar surface area (TPSA) is 12.0 Å². The van der Waals surface area contributed by atoms with E-state index in [4.69, 9.17) is 0 Å². The molecule has 0 saturated heterocycles. The van der Waals surface area contributed by atoms with Crippen LogP contribution in [-0.4, -0.2) is 12.6 Å². The van der Waals surface area contributed by atoms with Crippen molar-refractivity contribution >= 4 is 15.9 Å². The Balaban J connectivity index is 1.69. The van der Waals surface area contributed by atoms with Crippen LogP contribution in [0.15, 0.2) is 22.7 Å². The van der Waals surface area contributed by atoms with Crippen LogP contribution in [-0.2, 0) is 6.42 Å². The van der Waals surface area contributed by atoms with Gasteiger partial charge in [-0.25, -0.2) is 4.39 Å². The van der Waals surface area contributed by atoms with Crippen LogP contribution in [0.5, 0.6) is 0 Å². The van der Waals surface area contributed by atoms with E-state index in [0.717, 1.165) is 41.9 Å². The summed E-state index contributed by atoms with van der Waals surface area (Å²) in [5.74, 6) is -0.0849. The first-order valence-electron chi connectivity index (χ1n) is 5.93. The van der Waals surface area contributed by atoms with E-state index < -0.39 is 0 Å². The number of rotatable bonds is 6. The average molecular weight is 286 g/mol. The fraction of sp³-hybridized carbons (Fsp3) is 0.538. The van der Waals surface area contributed by atoms with Crippen molar-refractivity contribution in [1.82, 2.24) is 5.32 Å². The van der Waals surface area contributed by atoms with Gasteiger partial charge >= 0.3 is 0 Å². The molecule has 1 N–H and O–H groups in total. The van der Waals surface area contributed by atoms with Crippen LogP contribution in [0.3, 0.4) is 0 Å². The van der Waals surface area contributed by atoms with E-state index in [1.54, 1.807) is 6.07 Å². The van der Waals surface area contributed by atoms with Gasteiger partial charge in [0.05, 0.1) is 0 Å². The lowest BCUT2D eigenvalue weighted by atomic mass is 10.1. The number of hydrogen-bond donors (Lipinski definition) is 1. The zero-order valence-electron chi connectivity index (χ0n) is 9.31. The Morgan fingerprint density at radius 1 is 1.31 bits per heavy atom. The molecule has 1 aromatic rings. The first-order valence-corrected chi connectivity index (χ1v) is 6.72. The molecule has 16 heavy (non-hydrogen) atoms. The van der Waals surface area contributed by atoms with Crippen LogP contribution < -0.4 is 5.32 Å². The fourth-order valence-corrected chi connectivity index (χ4v) is 2.18. The highest BCUT2D eigenvalue weighted by atomic mass is 79.9. The van der Waals surface area contributed by atoms with Crippen LogP contribution >= 0.6 is 15.9 Å². The minimum absolute atomic E-state index is 0.0849. The predicted molar refractivity (Wildman–Crippen MR) is 68.1 cm³/mol. The van der Waals surface area contributed by atoms with Crippen molar-refractivity contribution in [2.45, 2.75) is 38.1 Å². The highest BCUT2D eigenvalue weighted by molar-refractivity contribution is 9.10. The van der Waals surface area contributed by atoms with Crippen LogP contribution in [0.25, 0.3) is 0 Å². The van der Waals surface area contributed by atoms with Gasteiger partial charge in [-0.05, 0) is 62.4 Å². The third-order valence-corrected chi connectivity index (χ3v) is 3.38. The van der Waals surface area contributed by atoms with Crippen molar-refractivity contribution < 1.29 is 4.39 Å². The maximum atomic E-state index is 13.4. The van der Waals surface area contributed by atoms with E-state index in [9.17, 15) is 4.39 Å². The summed E-state index contributed by atoms with van der Waals surface area (Å²) in [4.78, 5) is 0. The second-order valence-electron chi connectivity index (χ2n) is 4.42. The third-order valence-electron chi connectivity index (χ3n) is 2.89. The first kappa shape index (κ1) is 12.1. The summed E-state index contributed by atoms with van der Waals surface area (Å²) in [6.07, 6.45) is 5.67. The van der Waals surface area contributed by atoms with E-state index in [2.05, 4.69) is 21.2 Å². The van der Waals surface area contributed by atoms with Gasteiger partial charge in [0.15, 0.2) is 0 Å². The van der Waals surface area contributed by atoms with Gasteiger partial charge in [-0.3, -0.25) is 0 Å². The fourth-order valence-electron chi connectivity index (χ4n) is 1.77. The maximum Gasteiger partial charge on any atom is 0.126 e. The average Bonchev–Trinajstić information content (AvgIpc) is 3.06. The maximum absolute atomic E-state index is 13.4. The second-order valence-corrected chi connectivity index (χ2v) is 5.34. The molecule has 1 aliphatic rings. The summed E-state index contributed by atoms with van der Waals surface area (Å²) in [7, 11) is 0.